The lowest BCUT2D eigenvalue weighted by Crippen LogP contribution is -2.51. The number of carbonyl (C=O) groups excluding carboxylic acids is 4. The molecule has 9 heteroatoms. The van der Waals surface area contributed by atoms with E-state index in [1.807, 2.05) is 6.07 Å². The van der Waals surface area contributed by atoms with E-state index in [9.17, 15) is 19.2 Å². The maximum absolute atomic E-state index is 12.5. The quantitative estimate of drug-likeness (QED) is 0.376. The van der Waals surface area contributed by atoms with E-state index < -0.39 is 11.9 Å². The molecule has 0 spiro atoms. The summed E-state index contributed by atoms with van der Waals surface area (Å²) in [6.45, 7) is 5.17. The van der Waals surface area contributed by atoms with Gasteiger partial charge in [0.25, 0.3) is 0 Å². The number of ether oxygens (including phenoxy) is 1. The molecular weight excluding hydrogens is 472 g/mol. The second-order valence-electron chi connectivity index (χ2n) is 9.16. The highest BCUT2D eigenvalue weighted by atomic mass is 16.5. The SMILES string of the molecule is COC(=O)/C=C/CNC(=O)CNC(=O)CN(C(C)=O)C1CCN(C(C)c2cccc3ccccc23)CC1. The molecule has 0 aliphatic carbocycles. The van der Waals surface area contributed by atoms with Crippen LogP contribution in [0.15, 0.2) is 54.6 Å². The fourth-order valence-electron chi connectivity index (χ4n) is 4.74. The largest absolute Gasteiger partial charge is 0.466 e. The minimum Gasteiger partial charge on any atom is -0.466 e. The Morgan fingerprint density at radius 2 is 1.76 bits per heavy atom. The first-order valence-corrected chi connectivity index (χ1v) is 12.6. The van der Waals surface area contributed by atoms with Crippen molar-refractivity contribution in [2.45, 2.75) is 38.8 Å². The van der Waals surface area contributed by atoms with Crippen LogP contribution in [0.2, 0.25) is 0 Å². The third kappa shape index (κ3) is 7.88. The van der Waals surface area contributed by atoms with E-state index in [4.69, 9.17) is 0 Å². The Morgan fingerprint density at radius 3 is 2.46 bits per heavy atom. The number of amides is 3. The predicted octanol–water partition coefficient (Wildman–Crippen LogP) is 2.18. The van der Waals surface area contributed by atoms with Crippen LogP contribution in [-0.4, -0.2) is 79.4 Å². The smallest absolute Gasteiger partial charge is 0.330 e. The van der Waals surface area contributed by atoms with Gasteiger partial charge in [0.1, 0.15) is 0 Å². The van der Waals surface area contributed by atoms with Gasteiger partial charge in [-0.3, -0.25) is 19.3 Å². The van der Waals surface area contributed by atoms with E-state index in [0.29, 0.717) is 0 Å². The van der Waals surface area contributed by atoms with E-state index in [-0.39, 0.29) is 43.5 Å². The van der Waals surface area contributed by atoms with Gasteiger partial charge in [-0.2, -0.15) is 0 Å². The van der Waals surface area contributed by atoms with Crippen LogP contribution in [0.5, 0.6) is 0 Å². The number of likely N-dealkylation sites (tertiary alicyclic amines) is 1. The van der Waals surface area contributed by atoms with Crippen molar-refractivity contribution in [3.63, 3.8) is 0 Å². The molecule has 0 radical (unpaired) electrons. The zero-order valence-electron chi connectivity index (χ0n) is 21.7. The summed E-state index contributed by atoms with van der Waals surface area (Å²) in [4.78, 5) is 51.8. The molecule has 0 bridgehead atoms. The molecule has 2 aromatic rings. The number of piperidine rings is 1. The summed E-state index contributed by atoms with van der Waals surface area (Å²) in [5.74, 6) is -1.45. The number of esters is 1. The molecule has 0 saturated carbocycles. The zero-order chi connectivity index (χ0) is 26.8. The second kappa shape index (κ2) is 13.5. The van der Waals surface area contributed by atoms with Crippen molar-refractivity contribution in [1.82, 2.24) is 20.4 Å². The summed E-state index contributed by atoms with van der Waals surface area (Å²) in [6.07, 6.45) is 4.21. The number of hydrogen-bond acceptors (Lipinski definition) is 6. The molecule has 37 heavy (non-hydrogen) atoms. The Balaban J connectivity index is 1.48. The first-order valence-electron chi connectivity index (χ1n) is 12.6. The van der Waals surface area contributed by atoms with Gasteiger partial charge in [0.2, 0.25) is 17.7 Å². The first-order chi connectivity index (χ1) is 17.8. The van der Waals surface area contributed by atoms with Crippen molar-refractivity contribution >= 4 is 34.5 Å². The van der Waals surface area contributed by atoms with Gasteiger partial charge in [0.05, 0.1) is 20.2 Å². The highest BCUT2D eigenvalue weighted by Gasteiger charge is 2.30. The van der Waals surface area contributed by atoms with Gasteiger partial charge in [-0.15, -0.1) is 0 Å². The number of fused-ring (bicyclic) bond motifs is 1. The van der Waals surface area contributed by atoms with Crippen molar-refractivity contribution in [3.8, 4) is 0 Å². The van der Waals surface area contributed by atoms with E-state index in [0.717, 1.165) is 25.9 Å². The molecule has 3 rings (SSSR count). The number of rotatable bonds is 10. The third-order valence-corrected chi connectivity index (χ3v) is 6.80. The number of nitrogens with zero attached hydrogens (tertiary/aromatic N) is 2. The first kappa shape index (κ1) is 27.9. The van der Waals surface area contributed by atoms with Gasteiger partial charge in [-0.05, 0) is 36.1 Å². The Labute approximate surface area is 217 Å². The molecule has 1 fully saturated rings. The summed E-state index contributed by atoms with van der Waals surface area (Å²) >= 11 is 0. The predicted molar refractivity (Wildman–Crippen MR) is 142 cm³/mol. The number of hydrogen-bond donors (Lipinski definition) is 2. The van der Waals surface area contributed by atoms with Crippen LogP contribution < -0.4 is 10.6 Å². The summed E-state index contributed by atoms with van der Waals surface area (Å²) in [5.41, 5.74) is 1.29. The van der Waals surface area contributed by atoms with Crippen LogP contribution in [0, 0.1) is 0 Å². The summed E-state index contributed by atoms with van der Waals surface area (Å²) < 4.78 is 4.47. The number of carbonyl (C=O) groups is 4. The van der Waals surface area contributed by atoms with Crippen molar-refractivity contribution in [1.29, 1.82) is 0 Å². The lowest BCUT2D eigenvalue weighted by Gasteiger charge is -2.40. The molecule has 1 aliphatic heterocycles. The highest BCUT2D eigenvalue weighted by Crippen LogP contribution is 2.30. The van der Waals surface area contributed by atoms with Crippen molar-refractivity contribution in [3.05, 3.63) is 60.2 Å². The number of methoxy groups -OCH3 is 1. The van der Waals surface area contributed by atoms with Gasteiger partial charge < -0.3 is 20.3 Å². The topological polar surface area (TPSA) is 108 Å². The lowest BCUT2D eigenvalue weighted by atomic mass is 9.95. The average Bonchev–Trinajstić information content (AvgIpc) is 2.92. The molecule has 2 N–H and O–H groups in total. The minimum absolute atomic E-state index is 0.0310. The molecule has 9 nitrogen and oxygen atoms in total. The van der Waals surface area contributed by atoms with Crippen LogP contribution in [0.1, 0.15) is 38.3 Å². The molecule has 3 amide bonds. The molecule has 0 aromatic heterocycles. The molecule has 1 saturated heterocycles. The normalized spacial score (nSPS) is 15.3. The van der Waals surface area contributed by atoms with Crippen LogP contribution in [0.3, 0.4) is 0 Å². The highest BCUT2D eigenvalue weighted by molar-refractivity contribution is 5.88. The monoisotopic (exact) mass is 508 g/mol. The second-order valence-corrected chi connectivity index (χ2v) is 9.16. The van der Waals surface area contributed by atoms with E-state index in [2.05, 4.69) is 63.6 Å². The van der Waals surface area contributed by atoms with Crippen molar-refractivity contribution < 1.29 is 23.9 Å². The van der Waals surface area contributed by atoms with Crippen LogP contribution >= 0.6 is 0 Å². The fourth-order valence-corrected chi connectivity index (χ4v) is 4.74. The Hall–Kier alpha value is -3.72. The lowest BCUT2D eigenvalue weighted by molar-refractivity contribution is -0.138. The Morgan fingerprint density at radius 1 is 1.05 bits per heavy atom. The third-order valence-electron chi connectivity index (χ3n) is 6.80. The van der Waals surface area contributed by atoms with Crippen LogP contribution in [-0.2, 0) is 23.9 Å². The average molecular weight is 509 g/mol. The molecule has 1 aliphatic rings. The van der Waals surface area contributed by atoms with Gasteiger partial charge in [0.15, 0.2) is 0 Å². The van der Waals surface area contributed by atoms with Crippen LogP contribution in [0.25, 0.3) is 10.8 Å². The number of benzene rings is 2. The van der Waals surface area contributed by atoms with Gasteiger partial charge in [-0.25, -0.2) is 4.79 Å². The molecule has 2 aromatic carbocycles. The fraction of sp³-hybridized carbons (Fsp3) is 0.429. The Kier molecular flexibility index (Phi) is 10.2. The minimum atomic E-state index is -0.513. The standard InChI is InChI=1S/C28H36N4O5/c1-20(24-11-6-9-22-8-4-5-10-25(22)24)31-16-13-23(14-17-31)32(21(2)33)19-27(35)30-18-26(34)29-15-7-12-28(36)37-3/h4-12,20,23H,13-19H2,1-3H3,(H,29,34)(H,30,35)/b12-7+. The van der Waals surface area contributed by atoms with Gasteiger partial charge >= 0.3 is 5.97 Å². The maximum atomic E-state index is 12.5. The Bertz CT molecular complexity index is 1140. The summed E-state index contributed by atoms with van der Waals surface area (Å²) in [6, 6.07) is 15.0. The van der Waals surface area contributed by atoms with Crippen molar-refractivity contribution in [2.75, 3.05) is 39.8 Å². The van der Waals surface area contributed by atoms with E-state index in [1.165, 1.54) is 42.5 Å². The molecule has 1 atom stereocenters. The van der Waals surface area contributed by atoms with Crippen LogP contribution in [0.4, 0.5) is 0 Å². The maximum Gasteiger partial charge on any atom is 0.330 e. The molecular formula is C28H36N4O5. The summed E-state index contributed by atoms with van der Waals surface area (Å²) in [7, 11) is 1.27. The molecule has 1 unspecified atom stereocenters. The number of nitrogens with one attached hydrogen (secondary N) is 2. The van der Waals surface area contributed by atoms with E-state index >= 15 is 0 Å². The summed E-state index contributed by atoms with van der Waals surface area (Å²) in [5, 5.41) is 7.60. The van der Waals surface area contributed by atoms with E-state index in [1.54, 1.807) is 4.90 Å². The molecule has 1 heterocycles. The molecule has 198 valence electrons. The van der Waals surface area contributed by atoms with Gasteiger partial charge in [-0.1, -0.05) is 48.5 Å². The van der Waals surface area contributed by atoms with Crippen molar-refractivity contribution in [2.24, 2.45) is 0 Å². The zero-order valence-corrected chi connectivity index (χ0v) is 21.7. The van der Waals surface area contributed by atoms with Gasteiger partial charge in [0, 0.05) is 44.7 Å².